The Kier molecular flexibility index (Phi) is 4.34. The third-order valence-electron chi connectivity index (χ3n) is 4.47. The van der Waals surface area contributed by atoms with Crippen molar-refractivity contribution in [1.82, 2.24) is 19.8 Å². The quantitative estimate of drug-likeness (QED) is 0.906. The van der Waals surface area contributed by atoms with Crippen LogP contribution >= 0.6 is 0 Å². The summed E-state index contributed by atoms with van der Waals surface area (Å²) in [5.41, 5.74) is 0.432. The van der Waals surface area contributed by atoms with Crippen LogP contribution in [0.15, 0.2) is 12.4 Å². The fourth-order valence-electron chi connectivity index (χ4n) is 3.26. The Hall–Kier alpha value is -1.69. The molecule has 21 heavy (non-hydrogen) atoms. The Labute approximate surface area is 125 Å². The van der Waals surface area contributed by atoms with Gasteiger partial charge in [-0.3, -0.25) is 14.7 Å². The van der Waals surface area contributed by atoms with Crippen LogP contribution in [0.2, 0.25) is 0 Å². The number of aromatic nitrogens is 2. The second-order valence-electron chi connectivity index (χ2n) is 5.83. The monoisotopic (exact) mass is 289 g/mol. The van der Waals surface area contributed by atoms with E-state index < -0.39 is 0 Å². The zero-order valence-corrected chi connectivity index (χ0v) is 12.6. The Bertz CT molecular complexity index is 501. The van der Waals surface area contributed by atoms with Gasteiger partial charge in [0.1, 0.15) is 11.5 Å². The molecule has 3 rings (SSSR count). The molecule has 114 valence electrons. The van der Waals surface area contributed by atoms with Crippen molar-refractivity contribution in [2.45, 2.75) is 31.7 Å². The molecule has 6 heteroatoms. The second kappa shape index (κ2) is 6.39. The molecule has 2 saturated heterocycles. The van der Waals surface area contributed by atoms with Crippen LogP contribution < -0.4 is 5.32 Å². The topological polar surface area (TPSA) is 61.4 Å². The van der Waals surface area contributed by atoms with Crippen molar-refractivity contribution >= 4 is 11.7 Å². The number of likely N-dealkylation sites (tertiary alicyclic amines) is 2. The van der Waals surface area contributed by atoms with Crippen LogP contribution in [0.4, 0.5) is 5.82 Å². The van der Waals surface area contributed by atoms with E-state index in [4.69, 9.17) is 0 Å². The standard InChI is InChI=1S/C15H23N5O/c1-16-14-10-17-9-13(18-14)15(21)20-8-5-12(11-20)19-6-3-2-4-7-19/h9-10,12H,2-8,11H2,1H3,(H,16,18). The third kappa shape index (κ3) is 3.15. The first-order chi connectivity index (χ1) is 10.3. The van der Waals surface area contributed by atoms with Crippen molar-refractivity contribution in [3.8, 4) is 0 Å². The molecule has 0 spiro atoms. The van der Waals surface area contributed by atoms with E-state index in [9.17, 15) is 4.79 Å². The molecule has 1 aromatic rings. The Morgan fingerprint density at radius 3 is 2.81 bits per heavy atom. The van der Waals surface area contributed by atoms with Gasteiger partial charge in [0.2, 0.25) is 0 Å². The highest BCUT2D eigenvalue weighted by molar-refractivity contribution is 5.92. The lowest BCUT2D eigenvalue weighted by Gasteiger charge is -2.32. The molecule has 0 saturated carbocycles. The number of hydrogen-bond acceptors (Lipinski definition) is 5. The van der Waals surface area contributed by atoms with Gasteiger partial charge in [0, 0.05) is 26.2 Å². The number of carbonyl (C=O) groups excluding carboxylic acids is 1. The SMILES string of the molecule is CNc1cncc(C(=O)N2CCC(N3CCCCC3)C2)n1. The van der Waals surface area contributed by atoms with E-state index in [-0.39, 0.29) is 5.91 Å². The van der Waals surface area contributed by atoms with Gasteiger partial charge < -0.3 is 10.2 Å². The van der Waals surface area contributed by atoms with E-state index in [1.165, 1.54) is 32.4 Å². The number of nitrogens with one attached hydrogen (secondary N) is 1. The summed E-state index contributed by atoms with van der Waals surface area (Å²) in [7, 11) is 1.78. The number of rotatable bonds is 3. The van der Waals surface area contributed by atoms with Gasteiger partial charge in [-0.15, -0.1) is 0 Å². The van der Waals surface area contributed by atoms with E-state index in [0.29, 0.717) is 17.6 Å². The fourth-order valence-corrected chi connectivity index (χ4v) is 3.26. The predicted molar refractivity (Wildman–Crippen MR) is 81.3 cm³/mol. The highest BCUT2D eigenvalue weighted by Crippen LogP contribution is 2.21. The number of amides is 1. The van der Waals surface area contributed by atoms with Gasteiger partial charge in [-0.1, -0.05) is 6.42 Å². The van der Waals surface area contributed by atoms with Crippen molar-refractivity contribution in [3.05, 3.63) is 18.1 Å². The van der Waals surface area contributed by atoms with Crippen molar-refractivity contribution in [2.24, 2.45) is 0 Å². The van der Waals surface area contributed by atoms with Crippen molar-refractivity contribution in [3.63, 3.8) is 0 Å². The van der Waals surface area contributed by atoms with Gasteiger partial charge in [0.05, 0.1) is 12.4 Å². The van der Waals surface area contributed by atoms with E-state index in [1.54, 1.807) is 19.4 Å². The first-order valence-electron chi connectivity index (χ1n) is 7.81. The van der Waals surface area contributed by atoms with Crippen LogP contribution in [0.5, 0.6) is 0 Å². The molecule has 1 N–H and O–H groups in total. The van der Waals surface area contributed by atoms with Crippen LogP contribution in [-0.2, 0) is 0 Å². The molecule has 0 aliphatic carbocycles. The van der Waals surface area contributed by atoms with E-state index in [0.717, 1.165) is 19.5 Å². The maximum Gasteiger partial charge on any atom is 0.274 e. The van der Waals surface area contributed by atoms with Crippen LogP contribution in [0, 0.1) is 0 Å². The Morgan fingerprint density at radius 1 is 1.24 bits per heavy atom. The summed E-state index contributed by atoms with van der Waals surface area (Å²) in [6.07, 6.45) is 8.18. The molecule has 2 fully saturated rings. The smallest absolute Gasteiger partial charge is 0.274 e. The Balaban J connectivity index is 1.63. The Morgan fingerprint density at radius 2 is 2.05 bits per heavy atom. The van der Waals surface area contributed by atoms with Crippen LogP contribution in [0.3, 0.4) is 0 Å². The van der Waals surface area contributed by atoms with E-state index in [2.05, 4.69) is 20.2 Å². The van der Waals surface area contributed by atoms with Crippen molar-refractivity contribution in [2.75, 3.05) is 38.5 Å². The minimum Gasteiger partial charge on any atom is -0.372 e. The summed E-state index contributed by atoms with van der Waals surface area (Å²) in [6.45, 7) is 4.01. The minimum absolute atomic E-state index is 0.000825. The molecule has 0 radical (unpaired) electrons. The zero-order chi connectivity index (χ0) is 14.7. The molecule has 1 amide bonds. The second-order valence-corrected chi connectivity index (χ2v) is 5.83. The summed E-state index contributed by atoms with van der Waals surface area (Å²) in [5, 5.41) is 2.92. The van der Waals surface area contributed by atoms with Crippen molar-refractivity contribution in [1.29, 1.82) is 0 Å². The molecule has 6 nitrogen and oxygen atoms in total. The summed E-state index contributed by atoms with van der Waals surface area (Å²) in [4.78, 5) is 25.4. The minimum atomic E-state index is -0.000825. The average Bonchev–Trinajstić information content (AvgIpc) is 3.05. The summed E-state index contributed by atoms with van der Waals surface area (Å²) >= 11 is 0. The van der Waals surface area contributed by atoms with Crippen molar-refractivity contribution < 1.29 is 4.79 Å². The molecule has 1 atom stereocenters. The molecular formula is C15H23N5O. The van der Waals surface area contributed by atoms with E-state index in [1.807, 2.05) is 4.90 Å². The summed E-state index contributed by atoms with van der Waals surface area (Å²) in [6, 6.07) is 0.523. The largest absolute Gasteiger partial charge is 0.372 e. The number of piperidine rings is 1. The number of carbonyl (C=O) groups is 1. The van der Waals surface area contributed by atoms with Gasteiger partial charge in [-0.05, 0) is 32.4 Å². The van der Waals surface area contributed by atoms with Gasteiger partial charge in [0.25, 0.3) is 5.91 Å². The van der Waals surface area contributed by atoms with Gasteiger partial charge in [0.15, 0.2) is 0 Å². The molecule has 2 aliphatic rings. The maximum absolute atomic E-state index is 12.5. The summed E-state index contributed by atoms with van der Waals surface area (Å²) in [5.74, 6) is 0.631. The molecular weight excluding hydrogens is 266 g/mol. The fraction of sp³-hybridized carbons (Fsp3) is 0.667. The van der Waals surface area contributed by atoms with E-state index >= 15 is 0 Å². The molecule has 1 unspecified atom stereocenters. The number of nitrogens with zero attached hydrogens (tertiary/aromatic N) is 4. The molecule has 2 aliphatic heterocycles. The highest BCUT2D eigenvalue weighted by atomic mass is 16.2. The summed E-state index contributed by atoms with van der Waals surface area (Å²) < 4.78 is 0. The number of anilines is 1. The predicted octanol–water partition coefficient (Wildman–Crippen LogP) is 1.22. The average molecular weight is 289 g/mol. The first-order valence-corrected chi connectivity index (χ1v) is 7.81. The lowest BCUT2D eigenvalue weighted by atomic mass is 10.1. The third-order valence-corrected chi connectivity index (χ3v) is 4.47. The number of hydrogen-bond donors (Lipinski definition) is 1. The van der Waals surface area contributed by atoms with Crippen LogP contribution in [0.1, 0.15) is 36.2 Å². The zero-order valence-electron chi connectivity index (χ0n) is 12.6. The lowest BCUT2D eigenvalue weighted by molar-refractivity contribution is 0.0765. The highest BCUT2D eigenvalue weighted by Gasteiger charge is 2.31. The van der Waals surface area contributed by atoms with Gasteiger partial charge in [-0.2, -0.15) is 0 Å². The lowest BCUT2D eigenvalue weighted by Crippen LogP contribution is -2.41. The normalized spacial score (nSPS) is 23.3. The molecule has 1 aromatic heterocycles. The molecule has 0 bridgehead atoms. The maximum atomic E-state index is 12.5. The van der Waals surface area contributed by atoms with Gasteiger partial charge in [-0.25, -0.2) is 4.98 Å². The first kappa shape index (κ1) is 14.3. The molecule has 3 heterocycles. The van der Waals surface area contributed by atoms with Crippen LogP contribution in [0.25, 0.3) is 0 Å². The molecule has 0 aromatic carbocycles. The van der Waals surface area contributed by atoms with Gasteiger partial charge >= 0.3 is 0 Å². The van der Waals surface area contributed by atoms with Crippen LogP contribution in [-0.4, -0.2) is 64.9 Å².